The van der Waals surface area contributed by atoms with Gasteiger partial charge in [0.1, 0.15) is 12.4 Å². The summed E-state index contributed by atoms with van der Waals surface area (Å²) < 4.78 is 11.0. The Hall–Kier alpha value is -1.13. The first-order chi connectivity index (χ1) is 8.13. The number of ether oxygens (including phenoxy) is 2. The molecule has 1 rings (SSSR count). The van der Waals surface area contributed by atoms with Crippen molar-refractivity contribution in [1.82, 2.24) is 4.98 Å². The molecule has 0 aromatic carbocycles. The second-order valence-corrected chi connectivity index (χ2v) is 4.42. The third-order valence-electron chi connectivity index (χ3n) is 2.20. The molecule has 1 aromatic rings. The van der Waals surface area contributed by atoms with Crippen LogP contribution in [0, 0.1) is 12.8 Å². The minimum atomic E-state index is 0.393. The van der Waals surface area contributed by atoms with Crippen LogP contribution >= 0.6 is 0 Å². The van der Waals surface area contributed by atoms with Crippen LogP contribution in [0.1, 0.15) is 25.2 Å². The quantitative estimate of drug-likeness (QED) is 0.737. The number of nitrogens with two attached hydrogens (primary N) is 1. The maximum absolute atomic E-state index is 5.62. The third kappa shape index (κ3) is 5.15. The monoisotopic (exact) mass is 238 g/mol. The molecule has 4 heteroatoms. The highest BCUT2D eigenvalue weighted by atomic mass is 16.5. The van der Waals surface area contributed by atoms with E-state index < -0.39 is 0 Å². The second-order valence-electron chi connectivity index (χ2n) is 4.42. The van der Waals surface area contributed by atoms with Gasteiger partial charge in [0.05, 0.1) is 12.3 Å². The lowest BCUT2D eigenvalue weighted by Gasteiger charge is -2.11. The van der Waals surface area contributed by atoms with Gasteiger partial charge in [-0.2, -0.15) is 0 Å². The van der Waals surface area contributed by atoms with Crippen molar-refractivity contribution in [1.29, 1.82) is 0 Å². The summed E-state index contributed by atoms with van der Waals surface area (Å²) in [4.78, 5) is 4.33. The van der Waals surface area contributed by atoms with Crippen LogP contribution in [0.25, 0.3) is 0 Å². The Labute approximate surface area is 103 Å². The molecule has 0 radical (unpaired) electrons. The van der Waals surface area contributed by atoms with Gasteiger partial charge >= 0.3 is 0 Å². The lowest BCUT2D eigenvalue weighted by Crippen LogP contribution is -2.12. The van der Waals surface area contributed by atoms with E-state index in [-0.39, 0.29) is 0 Å². The molecule has 0 saturated heterocycles. The van der Waals surface area contributed by atoms with Gasteiger partial charge in [0.2, 0.25) is 0 Å². The van der Waals surface area contributed by atoms with Crippen molar-refractivity contribution in [3.63, 3.8) is 0 Å². The van der Waals surface area contributed by atoms with Crippen LogP contribution < -0.4 is 10.5 Å². The highest BCUT2D eigenvalue weighted by Gasteiger charge is 2.04. The smallest absolute Gasteiger partial charge is 0.142 e. The third-order valence-corrected chi connectivity index (χ3v) is 2.20. The Balaban J connectivity index is 2.36. The average Bonchev–Trinajstić information content (AvgIpc) is 2.29. The molecule has 0 aliphatic rings. The van der Waals surface area contributed by atoms with E-state index in [1.54, 1.807) is 0 Å². The van der Waals surface area contributed by atoms with E-state index in [1.165, 1.54) is 0 Å². The van der Waals surface area contributed by atoms with Gasteiger partial charge in [-0.3, -0.25) is 4.98 Å². The first-order valence-corrected chi connectivity index (χ1v) is 6.00. The summed E-state index contributed by atoms with van der Waals surface area (Å²) >= 11 is 0. The molecular weight excluding hydrogens is 216 g/mol. The zero-order valence-electron chi connectivity index (χ0n) is 10.9. The van der Waals surface area contributed by atoms with Crippen LogP contribution in [0.2, 0.25) is 0 Å². The van der Waals surface area contributed by atoms with E-state index in [0.29, 0.717) is 25.7 Å². The van der Waals surface area contributed by atoms with E-state index in [0.717, 1.165) is 23.7 Å². The molecule has 17 heavy (non-hydrogen) atoms. The Morgan fingerprint density at radius 2 is 2.06 bits per heavy atom. The van der Waals surface area contributed by atoms with Gasteiger partial charge in [0, 0.05) is 18.8 Å². The first kappa shape index (κ1) is 13.9. The van der Waals surface area contributed by atoms with Gasteiger partial charge in [-0.1, -0.05) is 13.8 Å². The number of aromatic nitrogens is 1. The first-order valence-electron chi connectivity index (χ1n) is 6.00. The topological polar surface area (TPSA) is 57.4 Å². The van der Waals surface area contributed by atoms with Crippen LogP contribution in [0.15, 0.2) is 12.1 Å². The molecule has 0 aliphatic heterocycles. The Kier molecular flexibility index (Phi) is 5.94. The minimum Gasteiger partial charge on any atom is -0.489 e. The predicted octanol–water partition coefficient (Wildman–Crippen LogP) is 1.90. The molecule has 4 nitrogen and oxygen atoms in total. The summed E-state index contributed by atoms with van der Waals surface area (Å²) in [5, 5.41) is 0. The molecular formula is C13H22N2O2. The number of aryl methyl sites for hydroxylation is 1. The van der Waals surface area contributed by atoms with Crippen molar-refractivity contribution in [3.8, 4) is 5.75 Å². The fourth-order valence-electron chi connectivity index (χ4n) is 1.40. The van der Waals surface area contributed by atoms with Crippen molar-refractivity contribution in [2.45, 2.75) is 27.3 Å². The van der Waals surface area contributed by atoms with Gasteiger partial charge < -0.3 is 15.2 Å². The van der Waals surface area contributed by atoms with Crippen LogP contribution in [0.3, 0.4) is 0 Å². The summed E-state index contributed by atoms with van der Waals surface area (Å²) in [6.07, 6.45) is 0. The molecule has 1 aromatic heterocycles. The van der Waals surface area contributed by atoms with Crippen LogP contribution in [-0.4, -0.2) is 24.8 Å². The molecule has 0 unspecified atom stereocenters. The van der Waals surface area contributed by atoms with Gasteiger partial charge in [0.25, 0.3) is 0 Å². The average molecular weight is 238 g/mol. The molecule has 0 aliphatic carbocycles. The zero-order valence-corrected chi connectivity index (χ0v) is 10.9. The predicted molar refractivity (Wildman–Crippen MR) is 68.0 cm³/mol. The Morgan fingerprint density at radius 1 is 1.29 bits per heavy atom. The summed E-state index contributed by atoms with van der Waals surface area (Å²) in [6, 6.07) is 3.83. The SMILES string of the molecule is Cc1ccc(OCCOCC(C)C)c(CN)n1. The van der Waals surface area contributed by atoms with Gasteiger partial charge in [-0.15, -0.1) is 0 Å². The number of rotatable bonds is 7. The highest BCUT2D eigenvalue weighted by molar-refractivity contribution is 5.29. The number of hydrogen-bond donors (Lipinski definition) is 1. The van der Waals surface area contributed by atoms with E-state index in [9.17, 15) is 0 Å². The van der Waals surface area contributed by atoms with E-state index in [4.69, 9.17) is 15.2 Å². The fraction of sp³-hybridized carbons (Fsp3) is 0.615. The van der Waals surface area contributed by atoms with Crippen molar-refractivity contribution in [2.75, 3.05) is 19.8 Å². The zero-order chi connectivity index (χ0) is 12.7. The molecule has 2 N–H and O–H groups in total. The largest absolute Gasteiger partial charge is 0.489 e. The molecule has 1 heterocycles. The summed E-state index contributed by atoms with van der Waals surface area (Å²) in [7, 11) is 0. The number of nitrogens with zero attached hydrogens (tertiary/aromatic N) is 1. The standard InChI is InChI=1S/C13H22N2O2/c1-10(2)9-16-6-7-17-13-5-4-11(3)15-12(13)8-14/h4-5,10H,6-9,14H2,1-3H3. The number of hydrogen-bond acceptors (Lipinski definition) is 4. The highest BCUT2D eigenvalue weighted by Crippen LogP contribution is 2.16. The minimum absolute atomic E-state index is 0.393. The van der Waals surface area contributed by atoms with E-state index in [2.05, 4.69) is 18.8 Å². The van der Waals surface area contributed by atoms with Crippen LogP contribution in [-0.2, 0) is 11.3 Å². The fourth-order valence-corrected chi connectivity index (χ4v) is 1.40. The number of pyridine rings is 1. The molecule has 96 valence electrons. The van der Waals surface area contributed by atoms with Gasteiger partial charge in [0.15, 0.2) is 0 Å². The second kappa shape index (κ2) is 7.25. The van der Waals surface area contributed by atoms with Gasteiger partial charge in [-0.25, -0.2) is 0 Å². The summed E-state index contributed by atoms with van der Waals surface area (Å²) in [6.45, 7) is 8.47. The normalized spacial score (nSPS) is 10.9. The van der Waals surface area contributed by atoms with Crippen molar-refractivity contribution in [3.05, 3.63) is 23.5 Å². The lowest BCUT2D eigenvalue weighted by molar-refractivity contribution is 0.0815. The molecule has 0 bridgehead atoms. The summed E-state index contributed by atoms with van der Waals surface area (Å²) in [5.41, 5.74) is 7.37. The Morgan fingerprint density at radius 3 is 2.71 bits per heavy atom. The van der Waals surface area contributed by atoms with Crippen molar-refractivity contribution in [2.24, 2.45) is 11.7 Å². The van der Waals surface area contributed by atoms with Gasteiger partial charge in [-0.05, 0) is 25.0 Å². The van der Waals surface area contributed by atoms with E-state index >= 15 is 0 Å². The molecule has 0 saturated carbocycles. The van der Waals surface area contributed by atoms with E-state index in [1.807, 2.05) is 19.1 Å². The molecule has 0 amide bonds. The maximum atomic E-state index is 5.62. The Bertz CT molecular complexity index is 340. The van der Waals surface area contributed by atoms with Crippen molar-refractivity contribution >= 4 is 0 Å². The molecule has 0 atom stereocenters. The van der Waals surface area contributed by atoms with Crippen LogP contribution in [0.5, 0.6) is 5.75 Å². The molecule has 0 fully saturated rings. The molecule has 0 spiro atoms. The van der Waals surface area contributed by atoms with Crippen molar-refractivity contribution < 1.29 is 9.47 Å². The maximum Gasteiger partial charge on any atom is 0.142 e. The summed E-state index contributed by atoms with van der Waals surface area (Å²) in [5.74, 6) is 1.31. The van der Waals surface area contributed by atoms with Crippen LogP contribution in [0.4, 0.5) is 0 Å². The lowest BCUT2D eigenvalue weighted by atomic mass is 10.2.